The minimum Gasteiger partial charge on any atom is -0.357 e. The average molecular weight is 358 g/mol. The Morgan fingerprint density at radius 2 is 2.12 bits per heavy atom. The summed E-state index contributed by atoms with van der Waals surface area (Å²) in [5.41, 5.74) is 1.14. The van der Waals surface area contributed by atoms with E-state index in [4.69, 9.17) is 0 Å². The fourth-order valence-corrected chi connectivity index (χ4v) is 3.62. The molecule has 6 heteroatoms. The highest BCUT2D eigenvalue weighted by molar-refractivity contribution is 7.09. The van der Waals surface area contributed by atoms with Gasteiger partial charge in [0.2, 0.25) is 0 Å². The summed E-state index contributed by atoms with van der Waals surface area (Å²) >= 11 is 1.80. The molecule has 0 bridgehead atoms. The number of aromatic nitrogens is 1. The Morgan fingerprint density at radius 1 is 1.24 bits per heavy atom. The predicted octanol–water partition coefficient (Wildman–Crippen LogP) is 3.04. The summed E-state index contributed by atoms with van der Waals surface area (Å²) in [6.45, 7) is 6.73. The molecule has 134 valence electrons. The number of nitrogens with one attached hydrogen (secondary N) is 2. The third-order valence-electron chi connectivity index (χ3n) is 4.25. The van der Waals surface area contributed by atoms with E-state index in [1.807, 2.05) is 6.20 Å². The van der Waals surface area contributed by atoms with Gasteiger partial charge in [-0.1, -0.05) is 12.1 Å². The maximum Gasteiger partial charge on any atom is 0.191 e. The quantitative estimate of drug-likeness (QED) is 0.591. The molecule has 1 saturated heterocycles. The van der Waals surface area contributed by atoms with Crippen LogP contribution in [-0.2, 0) is 13.0 Å². The zero-order valence-electron chi connectivity index (χ0n) is 14.9. The molecule has 3 heterocycles. The van der Waals surface area contributed by atoms with E-state index in [-0.39, 0.29) is 0 Å². The number of thiophene rings is 1. The second kappa shape index (κ2) is 9.42. The second-order valence-corrected chi connectivity index (χ2v) is 7.20. The van der Waals surface area contributed by atoms with E-state index < -0.39 is 0 Å². The molecule has 0 aliphatic carbocycles. The van der Waals surface area contributed by atoms with Crippen molar-refractivity contribution in [2.45, 2.75) is 32.7 Å². The van der Waals surface area contributed by atoms with Crippen molar-refractivity contribution in [2.24, 2.45) is 4.99 Å². The molecule has 1 aliphatic heterocycles. The minimum absolute atomic E-state index is 0.640. The van der Waals surface area contributed by atoms with E-state index in [0.717, 1.165) is 49.9 Å². The Morgan fingerprint density at radius 3 is 2.80 bits per heavy atom. The average Bonchev–Trinajstić information content (AvgIpc) is 3.34. The lowest BCUT2D eigenvalue weighted by Gasteiger charge is -2.16. The second-order valence-electron chi connectivity index (χ2n) is 6.17. The van der Waals surface area contributed by atoms with Crippen LogP contribution in [0.25, 0.3) is 0 Å². The molecule has 3 rings (SSSR count). The van der Waals surface area contributed by atoms with Gasteiger partial charge in [-0.25, -0.2) is 9.98 Å². The Kier molecular flexibility index (Phi) is 6.68. The fraction of sp³-hybridized carbons (Fsp3) is 0.474. The van der Waals surface area contributed by atoms with Crippen molar-refractivity contribution in [3.8, 4) is 0 Å². The molecule has 0 amide bonds. The van der Waals surface area contributed by atoms with E-state index in [2.05, 4.69) is 62.1 Å². The van der Waals surface area contributed by atoms with Crippen molar-refractivity contribution in [3.05, 3.63) is 46.3 Å². The van der Waals surface area contributed by atoms with Crippen molar-refractivity contribution in [1.82, 2.24) is 15.6 Å². The first-order chi connectivity index (χ1) is 12.3. The predicted molar refractivity (Wildman–Crippen MR) is 107 cm³/mol. The number of pyridine rings is 1. The van der Waals surface area contributed by atoms with Crippen molar-refractivity contribution in [1.29, 1.82) is 0 Å². The van der Waals surface area contributed by atoms with Gasteiger partial charge in [0.05, 0.1) is 6.54 Å². The molecule has 0 unspecified atom stereocenters. The van der Waals surface area contributed by atoms with Gasteiger partial charge in [-0.3, -0.25) is 0 Å². The number of aliphatic imine (C=N–C) groups is 1. The lowest BCUT2D eigenvalue weighted by Crippen LogP contribution is -2.38. The Balaban J connectivity index is 1.51. The topological polar surface area (TPSA) is 52.6 Å². The SMILES string of the molecule is CCNC(=NCc1ccc(N2CCCC2)nc1)NCCc1cccs1. The molecule has 0 saturated carbocycles. The van der Waals surface area contributed by atoms with Crippen LogP contribution in [-0.4, -0.2) is 37.1 Å². The van der Waals surface area contributed by atoms with E-state index >= 15 is 0 Å². The summed E-state index contributed by atoms with van der Waals surface area (Å²) < 4.78 is 0. The summed E-state index contributed by atoms with van der Waals surface area (Å²) in [5.74, 6) is 1.95. The van der Waals surface area contributed by atoms with Crippen LogP contribution in [0.1, 0.15) is 30.2 Å². The molecule has 5 nitrogen and oxygen atoms in total. The molecule has 2 N–H and O–H groups in total. The molecule has 0 radical (unpaired) electrons. The monoisotopic (exact) mass is 357 g/mol. The van der Waals surface area contributed by atoms with Gasteiger partial charge in [0, 0.05) is 37.3 Å². The molecule has 2 aromatic rings. The molecule has 1 fully saturated rings. The minimum atomic E-state index is 0.640. The number of hydrogen-bond donors (Lipinski definition) is 2. The first-order valence-corrected chi connectivity index (χ1v) is 9.97. The van der Waals surface area contributed by atoms with Crippen molar-refractivity contribution >= 4 is 23.1 Å². The molecular weight excluding hydrogens is 330 g/mol. The number of rotatable bonds is 7. The zero-order chi connectivity index (χ0) is 17.3. The Hall–Kier alpha value is -2.08. The van der Waals surface area contributed by atoms with Gasteiger partial charge >= 0.3 is 0 Å². The molecule has 25 heavy (non-hydrogen) atoms. The van der Waals surface area contributed by atoms with Gasteiger partial charge in [-0.05, 0) is 49.3 Å². The summed E-state index contributed by atoms with van der Waals surface area (Å²) in [4.78, 5) is 13.0. The van der Waals surface area contributed by atoms with Crippen LogP contribution in [0.4, 0.5) is 5.82 Å². The van der Waals surface area contributed by atoms with Crippen LogP contribution in [0.15, 0.2) is 40.8 Å². The molecular formula is C19H27N5S. The van der Waals surface area contributed by atoms with Gasteiger partial charge in [0.25, 0.3) is 0 Å². The van der Waals surface area contributed by atoms with E-state index in [9.17, 15) is 0 Å². The first kappa shape index (κ1) is 17.7. The number of anilines is 1. The van der Waals surface area contributed by atoms with Crippen molar-refractivity contribution in [3.63, 3.8) is 0 Å². The van der Waals surface area contributed by atoms with Gasteiger partial charge in [-0.2, -0.15) is 0 Å². The van der Waals surface area contributed by atoms with Crippen LogP contribution in [0.2, 0.25) is 0 Å². The number of hydrogen-bond acceptors (Lipinski definition) is 4. The highest BCUT2D eigenvalue weighted by Crippen LogP contribution is 2.17. The Bertz CT molecular complexity index is 645. The normalized spacial score (nSPS) is 14.8. The van der Waals surface area contributed by atoms with Crippen LogP contribution in [0.5, 0.6) is 0 Å². The third-order valence-corrected chi connectivity index (χ3v) is 5.18. The summed E-state index contributed by atoms with van der Waals surface area (Å²) in [6.07, 6.45) is 5.52. The zero-order valence-corrected chi connectivity index (χ0v) is 15.7. The summed E-state index contributed by atoms with van der Waals surface area (Å²) in [6, 6.07) is 8.52. The van der Waals surface area contributed by atoms with Crippen LogP contribution in [0, 0.1) is 0 Å². The van der Waals surface area contributed by atoms with Crippen LogP contribution >= 0.6 is 11.3 Å². The number of nitrogens with zero attached hydrogens (tertiary/aromatic N) is 3. The maximum absolute atomic E-state index is 4.67. The van der Waals surface area contributed by atoms with Gasteiger partial charge in [0.15, 0.2) is 5.96 Å². The molecule has 1 aliphatic rings. The van der Waals surface area contributed by atoms with Crippen molar-refractivity contribution < 1.29 is 0 Å². The lowest BCUT2D eigenvalue weighted by molar-refractivity contribution is 0.804. The highest BCUT2D eigenvalue weighted by Gasteiger charge is 2.12. The van der Waals surface area contributed by atoms with Crippen molar-refractivity contribution in [2.75, 3.05) is 31.1 Å². The largest absolute Gasteiger partial charge is 0.357 e. The molecule has 0 aromatic carbocycles. The fourth-order valence-electron chi connectivity index (χ4n) is 2.91. The summed E-state index contributed by atoms with van der Waals surface area (Å²) in [7, 11) is 0. The maximum atomic E-state index is 4.67. The van der Waals surface area contributed by atoms with Gasteiger partial charge in [0.1, 0.15) is 5.82 Å². The molecule has 0 spiro atoms. The Labute approximate surface area is 154 Å². The third kappa shape index (κ3) is 5.46. The smallest absolute Gasteiger partial charge is 0.191 e. The van der Waals surface area contributed by atoms with E-state index in [1.54, 1.807) is 11.3 Å². The van der Waals surface area contributed by atoms with Crippen LogP contribution < -0.4 is 15.5 Å². The standard InChI is InChI=1S/C19H27N5S/c1-2-20-19(21-10-9-17-6-5-13-25-17)23-15-16-7-8-18(22-14-16)24-11-3-4-12-24/h5-8,13-14H,2-4,9-12,15H2,1H3,(H2,20,21,23). The van der Waals surface area contributed by atoms with Crippen LogP contribution in [0.3, 0.4) is 0 Å². The lowest BCUT2D eigenvalue weighted by atomic mass is 10.3. The molecule has 0 atom stereocenters. The van der Waals surface area contributed by atoms with E-state index in [0.29, 0.717) is 6.54 Å². The summed E-state index contributed by atoms with van der Waals surface area (Å²) in [5, 5.41) is 8.82. The van der Waals surface area contributed by atoms with Gasteiger partial charge in [-0.15, -0.1) is 11.3 Å². The molecule has 2 aromatic heterocycles. The highest BCUT2D eigenvalue weighted by atomic mass is 32.1. The number of guanidine groups is 1. The first-order valence-electron chi connectivity index (χ1n) is 9.09. The van der Waals surface area contributed by atoms with Gasteiger partial charge < -0.3 is 15.5 Å². The van der Waals surface area contributed by atoms with E-state index in [1.165, 1.54) is 17.7 Å².